The van der Waals surface area contributed by atoms with Crippen molar-refractivity contribution in [2.75, 3.05) is 27.2 Å². The third kappa shape index (κ3) is 2.80. The zero-order chi connectivity index (χ0) is 14.0. The Balaban J connectivity index is 2.37. The van der Waals surface area contributed by atoms with E-state index in [4.69, 9.17) is 0 Å². The highest BCUT2D eigenvalue weighted by atomic mass is 15.1. The van der Waals surface area contributed by atoms with Gasteiger partial charge in [0.1, 0.15) is 5.82 Å². The maximum atomic E-state index is 4.62. The first-order valence-electron chi connectivity index (χ1n) is 6.84. The van der Waals surface area contributed by atoms with Crippen molar-refractivity contribution in [2.45, 2.75) is 19.9 Å². The van der Waals surface area contributed by atoms with Crippen LogP contribution < -0.4 is 5.32 Å². The summed E-state index contributed by atoms with van der Waals surface area (Å²) in [6, 6.07) is 6.98. The van der Waals surface area contributed by atoms with E-state index in [9.17, 15) is 0 Å². The number of benzene rings is 1. The molecule has 1 aromatic carbocycles. The fraction of sp³-hybridized carbons (Fsp3) is 0.533. The lowest BCUT2D eigenvalue weighted by molar-refractivity contribution is 0.290. The molecular weight excluding hydrogens is 236 g/mol. The summed E-state index contributed by atoms with van der Waals surface area (Å²) in [6.45, 7) is 6.13. The fourth-order valence-electron chi connectivity index (χ4n) is 2.42. The Hall–Kier alpha value is -1.39. The highest BCUT2D eigenvalue weighted by Crippen LogP contribution is 2.23. The normalized spacial score (nSPS) is 13.4. The highest BCUT2D eigenvalue weighted by molar-refractivity contribution is 5.76. The number of nitrogens with zero attached hydrogens (tertiary/aromatic N) is 3. The van der Waals surface area contributed by atoms with Gasteiger partial charge in [-0.1, -0.05) is 13.0 Å². The fourth-order valence-corrected chi connectivity index (χ4v) is 2.42. The molecule has 0 aliphatic rings. The number of rotatable bonds is 5. The number of aryl methyl sites for hydroxylation is 2. The topological polar surface area (TPSA) is 33.1 Å². The number of imidazole rings is 1. The Kier molecular flexibility index (Phi) is 4.22. The third-order valence-electron chi connectivity index (χ3n) is 3.72. The van der Waals surface area contributed by atoms with Crippen LogP contribution in [0.15, 0.2) is 18.2 Å². The predicted octanol–water partition coefficient (Wildman–Crippen LogP) is 2.09. The van der Waals surface area contributed by atoms with Gasteiger partial charge in [0, 0.05) is 19.6 Å². The van der Waals surface area contributed by atoms with Gasteiger partial charge >= 0.3 is 0 Å². The Labute approximate surface area is 115 Å². The maximum Gasteiger partial charge on any atom is 0.106 e. The van der Waals surface area contributed by atoms with E-state index in [-0.39, 0.29) is 0 Å². The zero-order valence-electron chi connectivity index (χ0n) is 12.6. The van der Waals surface area contributed by atoms with Gasteiger partial charge in [-0.3, -0.25) is 0 Å². The Bertz CT molecular complexity index is 557. The monoisotopic (exact) mass is 260 g/mol. The quantitative estimate of drug-likeness (QED) is 0.893. The smallest absolute Gasteiger partial charge is 0.106 e. The molecule has 4 heteroatoms. The summed E-state index contributed by atoms with van der Waals surface area (Å²) in [6.07, 6.45) is 0. The van der Waals surface area contributed by atoms with E-state index in [1.54, 1.807) is 0 Å². The molecule has 0 radical (unpaired) electrons. The van der Waals surface area contributed by atoms with Gasteiger partial charge in [-0.25, -0.2) is 4.98 Å². The number of nitrogens with one attached hydrogen (secondary N) is 1. The summed E-state index contributed by atoms with van der Waals surface area (Å²) in [4.78, 5) is 6.87. The predicted molar refractivity (Wildman–Crippen MR) is 80.4 cm³/mol. The summed E-state index contributed by atoms with van der Waals surface area (Å²) >= 11 is 0. The van der Waals surface area contributed by atoms with E-state index < -0.39 is 0 Å². The van der Waals surface area contributed by atoms with Crippen LogP contribution in [0.3, 0.4) is 0 Å². The average Bonchev–Trinajstić information content (AvgIpc) is 2.65. The molecule has 0 saturated carbocycles. The molecule has 0 aliphatic heterocycles. The summed E-state index contributed by atoms with van der Waals surface area (Å²) in [5.41, 5.74) is 3.60. The van der Waals surface area contributed by atoms with Crippen LogP contribution in [0.25, 0.3) is 11.0 Å². The van der Waals surface area contributed by atoms with Gasteiger partial charge in [0.25, 0.3) is 0 Å². The molecule has 0 fully saturated rings. The van der Waals surface area contributed by atoms with Crippen LogP contribution in [0.2, 0.25) is 0 Å². The molecule has 2 aromatic rings. The van der Waals surface area contributed by atoms with Gasteiger partial charge in [0.2, 0.25) is 0 Å². The van der Waals surface area contributed by atoms with Crippen LogP contribution in [0, 0.1) is 6.92 Å². The molecule has 1 atom stereocenters. The van der Waals surface area contributed by atoms with Gasteiger partial charge in [-0.05, 0) is 45.3 Å². The summed E-state index contributed by atoms with van der Waals surface area (Å²) in [5.74, 6) is 1.06. The second-order valence-electron chi connectivity index (χ2n) is 5.25. The molecule has 4 nitrogen and oxygen atoms in total. The van der Waals surface area contributed by atoms with Crippen LogP contribution in [0.1, 0.15) is 24.4 Å². The SMILES string of the molecule is CCNCC(c1ccc2c(c1)nc(C)n2C)N(C)C. The van der Waals surface area contributed by atoms with Crippen molar-refractivity contribution in [3.05, 3.63) is 29.6 Å². The van der Waals surface area contributed by atoms with Crippen LogP contribution >= 0.6 is 0 Å². The molecule has 104 valence electrons. The van der Waals surface area contributed by atoms with Crippen LogP contribution in [0.5, 0.6) is 0 Å². The van der Waals surface area contributed by atoms with Gasteiger partial charge in [0.05, 0.1) is 11.0 Å². The standard InChI is InChI=1S/C15H24N4/c1-6-16-10-15(18(3)4)12-7-8-14-13(9-12)17-11(2)19(14)5/h7-9,15-16H,6,10H2,1-5H3. The minimum Gasteiger partial charge on any atom is -0.331 e. The van der Waals surface area contributed by atoms with E-state index >= 15 is 0 Å². The Morgan fingerprint density at radius 3 is 2.74 bits per heavy atom. The summed E-state index contributed by atoms with van der Waals surface area (Å²) in [5, 5.41) is 3.43. The third-order valence-corrected chi connectivity index (χ3v) is 3.72. The average molecular weight is 260 g/mol. The molecule has 19 heavy (non-hydrogen) atoms. The van der Waals surface area contributed by atoms with E-state index in [0.717, 1.165) is 24.4 Å². The lowest BCUT2D eigenvalue weighted by atomic mass is 10.1. The Morgan fingerprint density at radius 1 is 1.37 bits per heavy atom. The minimum absolute atomic E-state index is 0.381. The molecule has 0 bridgehead atoms. The molecule has 1 unspecified atom stereocenters. The summed E-state index contributed by atoms with van der Waals surface area (Å²) < 4.78 is 2.13. The minimum atomic E-state index is 0.381. The molecule has 0 amide bonds. The number of fused-ring (bicyclic) bond motifs is 1. The van der Waals surface area contributed by atoms with Crippen molar-refractivity contribution in [2.24, 2.45) is 7.05 Å². The van der Waals surface area contributed by atoms with Gasteiger partial charge in [0.15, 0.2) is 0 Å². The Morgan fingerprint density at radius 2 is 2.11 bits per heavy atom. The first-order valence-corrected chi connectivity index (χ1v) is 6.84. The molecule has 2 rings (SSSR count). The molecule has 1 aromatic heterocycles. The van der Waals surface area contributed by atoms with Crippen molar-refractivity contribution in [1.29, 1.82) is 0 Å². The van der Waals surface area contributed by atoms with Crippen molar-refractivity contribution in [3.63, 3.8) is 0 Å². The molecule has 1 heterocycles. The molecule has 0 spiro atoms. The van der Waals surface area contributed by atoms with Crippen molar-refractivity contribution in [3.8, 4) is 0 Å². The molecule has 1 N–H and O–H groups in total. The first-order chi connectivity index (χ1) is 9.04. The van der Waals surface area contributed by atoms with Crippen molar-refractivity contribution in [1.82, 2.24) is 19.8 Å². The lowest BCUT2D eigenvalue weighted by Crippen LogP contribution is -2.30. The van der Waals surface area contributed by atoms with Gasteiger partial charge in [-0.15, -0.1) is 0 Å². The van der Waals surface area contributed by atoms with Crippen LogP contribution in [-0.2, 0) is 7.05 Å². The van der Waals surface area contributed by atoms with E-state index in [1.165, 1.54) is 11.1 Å². The molecule has 0 saturated heterocycles. The second-order valence-corrected chi connectivity index (χ2v) is 5.25. The zero-order valence-corrected chi connectivity index (χ0v) is 12.6. The number of likely N-dealkylation sites (N-methyl/N-ethyl adjacent to an activating group) is 2. The van der Waals surface area contributed by atoms with Crippen molar-refractivity contribution >= 4 is 11.0 Å². The van der Waals surface area contributed by atoms with Gasteiger partial charge < -0.3 is 14.8 Å². The summed E-state index contributed by atoms with van der Waals surface area (Å²) in [7, 11) is 6.30. The van der Waals surface area contributed by atoms with E-state index in [0.29, 0.717) is 6.04 Å². The number of hydrogen-bond acceptors (Lipinski definition) is 3. The maximum absolute atomic E-state index is 4.62. The number of aromatic nitrogens is 2. The largest absolute Gasteiger partial charge is 0.331 e. The lowest BCUT2D eigenvalue weighted by Gasteiger charge is -2.25. The van der Waals surface area contributed by atoms with E-state index in [2.05, 4.69) is 66.0 Å². The van der Waals surface area contributed by atoms with Crippen LogP contribution in [0.4, 0.5) is 0 Å². The molecule has 0 aliphatic carbocycles. The second kappa shape index (κ2) is 5.72. The van der Waals surface area contributed by atoms with Gasteiger partial charge in [-0.2, -0.15) is 0 Å². The van der Waals surface area contributed by atoms with E-state index in [1.807, 2.05) is 6.92 Å². The van der Waals surface area contributed by atoms with Crippen LogP contribution in [-0.4, -0.2) is 41.6 Å². The number of hydrogen-bond donors (Lipinski definition) is 1. The van der Waals surface area contributed by atoms with Crippen molar-refractivity contribution < 1.29 is 0 Å². The molecular formula is C15H24N4. The highest BCUT2D eigenvalue weighted by Gasteiger charge is 2.15. The first kappa shape index (κ1) is 14.0.